The molecule has 0 unspecified atom stereocenters. The van der Waals surface area contributed by atoms with E-state index in [1.165, 1.54) is 0 Å². The zero-order valence-electron chi connectivity index (χ0n) is 10.6. The molecule has 0 aliphatic rings. The lowest BCUT2D eigenvalue weighted by Gasteiger charge is -2.09. The Kier molecular flexibility index (Phi) is 5.71. The summed E-state index contributed by atoms with van der Waals surface area (Å²) in [4.78, 5) is 11.3. The molecule has 0 aromatic heterocycles. The van der Waals surface area contributed by atoms with Crippen molar-refractivity contribution in [3.05, 3.63) is 35.4 Å². The van der Waals surface area contributed by atoms with Gasteiger partial charge in [0.05, 0.1) is 0 Å². The van der Waals surface area contributed by atoms with Crippen molar-refractivity contribution in [2.45, 2.75) is 32.9 Å². The summed E-state index contributed by atoms with van der Waals surface area (Å²) in [6.07, 6.45) is 0.315. The smallest absolute Gasteiger partial charge is 0.221 e. The van der Waals surface area contributed by atoms with Crippen molar-refractivity contribution in [3.8, 4) is 0 Å². The van der Waals surface area contributed by atoms with E-state index in [0.29, 0.717) is 13.0 Å². The predicted octanol–water partition coefficient (Wildman–Crippen LogP) is 1.97. The van der Waals surface area contributed by atoms with Crippen LogP contribution in [-0.2, 0) is 11.3 Å². The number of carbonyl (C=O) groups is 1. The maximum absolute atomic E-state index is 13.2. The average Bonchev–Trinajstić information content (AvgIpc) is 2.28. The van der Waals surface area contributed by atoms with Crippen LogP contribution < -0.4 is 10.6 Å². The summed E-state index contributed by atoms with van der Waals surface area (Å²) in [5.41, 5.74) is 0.263. The van der Waals surface area contributed by atoms with E-state index in [9.17, 15) is 13.6 Å². The van der Waals surface area contributed by atoms with Crippen LogP contribution >= 0.6 is 0 Å². The van der Waals surface area contributed by atoms with Crippen LogP contribution in [0.2, 0.25) is 0 Å². The van der Waals surface area contributed by atoms with Crippen molar-refractivity contribution >= 4 is 5.91 Å². The highest BCUT2D eigenvalue weighted by Gasteiger charge is 2.05. The molecule has 0 fully saturated rings. The molecule has 3 nitrogen and oxygen atoms in total. The molecule has 1 aromatic rings. The highest BCUT2D eigenvalue weighted by Crippen LogP contribution is 2.08. The van der Waals surface area contributed by atoms with Crippen molar-refractivity contribution in [2.24, 2.45) is 0 Å². The SMILES string of the molecule is CC(C)NC(=O)CCNCc1cc(F)ccc1F. The summed E-state index contributed by atoms with van der Waals surface area (Å²) in [7, 11) is 0. The topological polar surface area (TPSA) is 41.1 Å². The van der Waals surface area contributed by atoms with Crippen LogP contribution in [-0.4, -0.2) is 18.5 Å². The lowest BCUT2D eigenvalue weighted by molar-refractivity contribution is -0.121. The Morgan fingerprint density at radius 2 is 2.06 bits per heavy atom. The fourth-order valence-electron chi connectivity index (χ4n) is 1.50. The zero-order valence-corrected chi connectivity index (χ0v) is 10.6. The number of nitrogens with one attached hydrogen (secondary N) is 2. The molecule has 2 N–H and O–H groups in total. The molecule has 0 saturated heterocycles. The van der Waals surface area contributed by atoms with Gasteiger partial charge in [-0.1, -0.05) is 0 Å². The van der Waals surface area contributed by atoms with E-state index in [4.69, 9.17) is 0 Å². The number of rotatable bonds is 6. The Balaban J connectivity index is 2.29. The van der Waals surface area contributed by atoms with Gasteiger partial charge in [0.2, 0.25) is 5.91 Å². The van der Waals surface area contributed by atoms with Crippen LogP contribution in [0.5, 0.6) is 0 Å². The minimum atomic E-state index is -0.467. The second-order valence-electron chi connectivity index (χ2n) is 4.38. The Morgan fingerprint density at radius 3 is 2.72 bits per heavy atom. The molecule has 0 radical (unpaired) electrons. The molecule has 5 heteroatoms. The molecule has 100 valence electrons. The molecule has 0 spiro atoms. The number of hydrogen-bond acceptors (Lipinski definition) is 2. The van der Waals surface area contributed by atoms with E-state index in [-0.39, 0.29) is 24.1 Å². The van der Waals surface area contributed by atoms with Gasteiger partial charge in [-0.2, -0.15) is 0 Å². The van der Waals surface area contributed by atoms with E-state index in [1.807, 2.05) is 13.8 Å². The average molecular weight is 256 g/mol. The van der Waals surface area contributed by atoms with E-state index < -0.39 is 11.6 Å². The largest absolute Gasteiger partial charge is 0.354 e. The summed E-state index contributed by atoms with van der Waals surface area (Å²) in [5.74, 6) is -0.974. The number of amides is 1. The van der Waals surface area contributed by atoms with Crippen LogP contribution in [0.3, 0.4) is 0 Å². The predicted molar refractivity (Wildman–Crippen MR) is 66.0 cm³/mol. The van der Waals surface area contributed by atoms with Gasteiger partial charge in [0.1, 0.15) is 11.6 Å². The van der Waals surface area contributed by atoms with Gasteiger partial charge in [-0.15, -0.1) is 0 Å². The van der Waals surface area contributed by atoms with Crippen LogP contribution in [0.15, 0.2) is 18.2 Å². The Labute approximate surface area is 106 Å². The van der Waals surface area contributed by atoms with Crippen molar-refractivity contribution in [1.29, 1.82) is 0 Å². The van der Waals surface area contributed by atoms with Gasteiger partial charge in [-0.25, -0.2) is 8.78 Å². The molecule has 1 rings (SSSR count). The number of halogens is 2. The standard InChI is InChI=1S/C13H18F2N2O/c1-9(2)17-13(18)5-6-16-8-10-7-11(14)3-4-12(10)15/h3-4,7,9,16H,5-6,8H2,1-2H3,(H,17,18). The highest BCUT2D eigenvalue weighted by molar-refractivity contribution is 5.76. The Hall–Kier alpha value is -1.49. The maximum atomic E-state index is 13.2. The van der Waals surface area contributed by atoms with E-state index in [0.717, 1.165) is 18.2 Å². The summed E-state index contributed by atoms with van der Waals surface area (Å²) >= 11 is 0. The fraction of sp³-hybridized carbons (Fsp3) is 0.462. The minimum Gasteiger partial charge on any atom is -0.354 e. The molecule has 1 aromatic carbocycles. The lowest BCUT2D eigenvalue weighted by Crippen LogP contribution is -2.32. The van der Waals surface area contributed by atoms with Gasteiger partial charge >= 0.3 is 0 Å². The van der Waals surface area contributed by atoms with Crippen LogP contribution in [0.1, 0.15) is 25.8 Å². The van der Waals surface area contributed by atoms with Gasteiger partial charge in [-0.3, -0.25) is 4.79 Å². The minimum absolute atomic E-state index is 0.0581. The summed E-state index contributed by atoms with van der Waals surface area (Å²) < 4.78 is 26.1. The van der Waals surface area contributed by atoms with E-state index in [1.54, 1.807) is 0 Å². The fourth-order valence-corrected chi connectivity index (χ4v) is 1.50. The second kappa shape index (κ2) is 7.06. The van der Waals surface area contributed by atoms with Gasteiger partial charge in [0.15, 0.2) is 0 Å². The van der Waals surface area contributed by atoms with Gasteiger partial charge in [0.25, 0.3) is 0 Å². The van der Waals surface area contributed by atoms with Crippen LogP contribution in [0.4, 0.5) is 8.78 Å². The Bertz CT molecular complexity index is 408. The maximum Gasteiger partial charge on any atom is 0.221 e. The number of carbonyl (C=O) groups excluding carboxylic acids is 1. The van der Waals surface area contributed by atoms with Crippen LogP contribution in [0, 0.1) is 11.6 Å². The Morgan fingerprint density at radius 1 is 1.33 bits per heavy atom. The third-order valence-corrected chi connectivity index (χ3v) is 2.30. The normalized spacial score (nSPS) is 10.7. The molecule has 0 atom stereocenters. The lowest BCUT2D eigenvalue weighted by atomic mass is 10.2. The second-order valence-corrected chi connectivity index (χ2v) is 4.38. The molecular formula is C13H18F2N2O. The quantitative estimate of drug-likeness (QED) is 0.764. The van der Waals surface area contributed by atoms with Gasteiger partial charge in [0, 0.05) is 31.1 Å². The summed E-state index contributed by atoms with van der Waals surface area (Å²) in [6, 6.07) is 3.43. The number of hydrogen-bond donors (Lipinski definition) is 2. The molecule has 0 saturated carbocycles. The monoisotopic (exact) mass is 256 g/mol. The molecule has 0 aliphatic carbocycles. The third-order valence-electron chi connectivity index (χ3n) is 2.30. The van der Waals surface area contributed by atoms with E-state index >= 15 is 0 Å². The zero-order chi connectivity index (χ0) is 13.5. The third kappa shape index (κ3) is 5.23. The molecule has 1 amide bonds. The first-order chi connectivity index (χ1) is 8.49. The molecule has 0 bridgehead atoms. The molecular weight excluding hydrogens is 238 g/mol. The van der Waals surface area contributed by atoms with E-state index in [2.05, 4.69) is 10.6 Å². The summed E-state index contributed by atoms with van der Waals surface area (Å²) in [5, 5.41) is 5.66. The first kappa shape index (κ1) is 14.6. The van der Waals surface area contributed by atoms with Crippen molar-refractivity contribution in [1.82, 2.24) is 10.6 Å². The van der Waals surface area contributed by atoms with Gasteiger partial charge < -0.3 is 10.6 Å². The number of benzene rings is 1. The first-order valence-electron chi connectivity index (χ1n) is 5.93. The first-order valence-corrected chi connectivity index (χ1v) is 5.93. The van der Waals surface area contributed by atoms with Crippen molar-refractivity contribution < 1.29 is 13.6 Å². The van der Waals surface area contributed by atoms with Crippen molar-refractivity contribution in [2.75, 3.05) is 6.54 Å². The highest BCUT2D eigenvalue weighted by atomic mass is 19.1. The summed E-state index contributed by atoms with van der Waals surface area (Å²) in [6.45, 7) is 4.40. The van der Waals surface area contributed by atoms with Gasteiger partial charge in [-0.05, 0) is 32.0 Å². The van der Waals surface area contributed by atoms with Crippen LogP contribution in [0.25, 0.3) is 0 Å². The van der Waals surface area contributed by atoms with Crippen molar-refractivity contribution in [3.63, 3.8) is 0 Å². The molecule has 18 heavy (non-hydrogen) atoms. The molecule has 0 heterocycles. The molecule has 0 aliphatic heterocycles.